The van der Waals surface area contributed by atoms with Crippen LogP contribution in [0.5, 0.6) is 0 Å². The minimum absolute atomic E-state index is 0.316. The molecule has 1 fully saturated rings. The van der Waals surface area contributed by atoms with Gasteiger partial charge in [0.15, 0.2) is 0 Å². The Kier molecular flexibility index (Phi) is 3.61. The molecule has 16 heavy (non-hydrogen) atoms. The number of nitrogens with zero attached hydrogens (tertiary/aromatic N) is 2. The zero-order valence-electron chi connectivity index (χ0n) is 10.3. The SMILES string of the molecule is CC[C@@H]1CO[C@H](C)CN1Cc1cc(C)on1. The van der Waals surface area contributed by atoms with E-state index in [4.69, 9.17) is 9.26 Å². The first kappa shape index (κ1) is 11.6. The molecule has 0 aliphatic carbocycles. The predicted octanol–water partition coefficient (Wildman–Crippen LogP) is 1.98. The Morgan fingerprint density at radius 2 is 2.38 bits per heavy atom. The Labute approximate surface area is 96.5 Å². The minimum atomic E-state index is 0.316. The second-order valence-corrected chi connectivity index (χ2v) is 4.56. The highest BCUT2D eigenvalue weighted by atomic mass is 16.5. The van der Waals surface area contributed by atoms with E-state index in [-0.39, 0.29) is 0 Å². The Bertz CT molecular complexity index is 338. The number of ether oxygens (including phenoxy) is 1. The van der Waals surface area contributed by atoms with Crippen LogP contribution in [0.4, 0.5) is 0 Å². The lowest BCUT2D eigenvalue weighted by Crippen LogP contribution is -2.47. The Morgan fingerprint density at radius 1 is 1.56 bits per heavy atom. The van der Waals surface area contributed by atoms with Gasteiger partial charge in [-0.25, -0.2) is 0 Å². The van der Waals surface area contributed by atoms with Crippen molar-refractivity contribution in [2.24, 2.45) is 0 Å². The topological polar surface area (TPSA) is 38.5 Å². The van der Waals surface area contributed by atoms with Crippen molar-refractivity contribution in [3.63, 3.8) is 0 Å². The van der Waals surface area contributed by atoms with E-state index in [1.54, 1.807) is 0 Å². The monoisotopic (exact) mass is 224 g/mol. The average Bonchev–Trinajstić information content (AvgIpc) is 2.64. The summed E-state index contributed by atoms with van der Waals surface area (Å²) < 4.78 is 10.8. The fourth-order valence-electron chi connectivity index (χ4n) is 2.18. The molecule has 0 amide bonds. The highest BCUT2D eigenvalue weighted by Crippen LogP contribution is 2.17. The fourth-order valence-corrected chi connectivity index (χ4v) is 2.18. The van der Waals surface area contributed by atoms with Gasteiger partial charge in [-0.05, 0) is 20.3 Å². The largest absolute Gasteiger partial charge is 0.376 e. The maximum atomic E-state index is 5.67. The molecule has 1 saturated heterocycles. The van der Waals surface area contributed by atoms with Gasteiger partial charge in [0, 0.05) is 25.2 Å². The summed E-state index contributed by atoms with van der Waals surface area (Å²) in [6.07, 6.45) is 1.43. The van der Waals surface area contributed by atoms with Gasteiger partial charge in [-0.3, -0.25) is 4.90 Å². The molecule has 4 nitrogen and oxygen atoms in total. The second kappa shape index (κ2) is 4.97. The highest BCUT2D eigenvalue weighted by Gasteiger charge is 2.26. The normalized spacial score (nSPS) is 27.2. The molecule has 1 aliphatic rings. The Morgan fingerprint density at radius 3 is 3.00 bits per heavy atom. The summed E-state index contributed by atoms with van der Waals surface area (Å²) >= 11 is 0. The third-order valence-corrected chi connectivity index (χ3v) is 3.09. The van der Waals surface area contributed by atoms with Crippen LogP contribution in [-0.4, -0.2) is 35.4 Å². The molecule has 2 rings (SSSR count). The van der Waals surface area contributed by atoms with Gasteiger partial charge >= 0.3 is 0 Å². The summed E-state index contributed by atoms with van der Waals surface area (Å²) in [6, 6.07) is 2.51. The molecular weight excluding hydrogens is 204 g/mol. The lowest BCUT2D eigenvalue weighted by Gasteiger charge is -2.37. The van der Waals surface area contributed by atoms with E-state index in [2.05, 4.69) is 23.9 Å². The van der Waals surface area contributed by atoms with Crippen LogP contribution < -0.4 is 0 Å². The molecule has 2 atom stereocenters. The Balaban J connectivity index is 2.00. The average molecular weight is 224 g/mol. The van der Waals surface area contributed by atoms with E-state index >= 15 is 0 Å². The zero-order chi connectivity index (χ0) is 11.5. The maximum Gasteiger partial charge on any atom is 0.133 e. The second-order valence-electron chi connectivity index (χ2n) is 4.56. The van der Waals surface area contributed by atoms with Crippen molar-refractivity contribution in [3.05, 3.63) is 17.5 Å². The number of morpholine rings is 1. The number of rotatable bonds is 3. The quantitative estimate of drug-likeness (QED) is 0.787. The van der Waals surface area contributed by atoms with Gasteiger partial charge in [-0.1, -0.05) is 12.1 Å². The molecule has 0 aromatic carbocycles. The molecule has 0 N–H and O–H groups in total. The van der Waals surface area contributed by atoms with E-state index in [0.29, 0.717) is 12.1 Å². The van der Waals surface area contributed by atoms with Crippen LogP contribution in [0.2, 0.25) is 0 Å². The van der Waals surface area contributed by atoms with E-state index in [0.717, 1.165) is 37.6 Å². The molecule has 0 spiro atoms. The minimum Gasteiger partial charge on any atom is -0.376 e. The van der Waals surface area contributed by atoms with Gasteiger partial charge in [-0.2, -0.15) is 0 Å². The van der Waals surface area contributed by atoms with Crippen molar-refractivity contribution in [2.45, 2.75) is 45.9 Å². The molecule has 0 bridgehead atoms. The van der Waals surface area contributed by atoms with Crippen LogP contribution in [0.25, 0.3) is 0 Å². The molecule has 0 radical (unpaired) electrons. The highest BCUT2D eigenvalue weighted by molar-refractivity contribution is 5.03. The summed E-state index contributed by atoms with van der Waals surface area (Å²) in [5, 5.41) is 4.05. The third-order valence-electron chi connectivity index (χ3n) is 3.09. The molecule has 2 heterocycles. The van der Waals surface area contributed by atoms with E-state index in [1.807, 2.05) is 13.0 Å². The van der Waals surface area contributed by atoms with Crippen molar-refractivity contribution in [1.82, 2.24) is 10.1 Å². The van der Waals surface area contributed by atoms with Crippen LogP contribution in [0, 0.1) is 6.92 Å². The van der Waals surface area contributed by atoms with Crippen LogP contribution in [0.1, 0.15) is 31.7 Å². The standard InChI is InChI=1S/C12H20N2O2/c1-4-12-8-15-10(3)6-14(12)7-11-5-9(2)16-13-11/h5,10,12H,4,6-8H2,1-3H3/t10-,12-/m1/s1. The number of hydrogen-bond donors (Lipinski definition) is 0. The number of aromatic nitrogens is 1. The van der Waals surface area contributed by atoms with E-state index in [1.165, 1.54) is 0 Å². The zero-order valence-corrected chi connectivity index (χ0v) is 10.3. The molecule has 1 aromatic rings. The van der Waals surface area contributed by atoms with Crippen molar-refractivity contribution < 1.29 is 9.26 Å². The van der Waals surface area contributed by atoms with Crippen molar-refractivity contribution >= 4 is 0 Å². The van der Waals surface area contributed by atoms with Gasteiger partial charge in [0.25, 0.3) is 0 Å². The summed E-state index contributed by atoms with van der Waals surface area (Å²) in [7, 11) is 0. The van der Waals surface area contributed by atoms with Gasteiger partial charge in [0.2, 0.25) is 0 Å². The molecule has 1 aromatic heterocycles. The molecule has 0 saturated carbocycles. The van der Waals surface area contributed by atoms with Crippen LogP contribution >= 0.6 is 0 Å². The van der Waals surface area contributed by atoms with Gasteiger partial charge in [0.1, 0.15) is 5.76 Å². The first-order valence-electron chi connectivity index (χ1n) is 5.97. The first-order valence-corrected chi connectivity index (χ1v) is 5.97. The first-order chi connectivity index (χ1) is 7.69. The van der Waals surface area contributed by atoms with Crippen LogP contribution in [0.15, 0.2) is 10.6 Å². The maximum absolute atomic E-state index is 5.67. The van der Waals surface area contributed by atoms with Crippen LogP contribution in [-0.2, 0) is 11.3 Å². The lowest BCUT2D eigenvalue weighted by atomic mass is 10.1. The predicted molar refractivity (Wildman–Crippen MR) is 61.1 cm³/mol. The molecule has 4 heteroatoms. The Hall–Kier alpha value is -0.870. The number of hydrogen-bond acceptors (Lipinski definition) is 4. The van der Waals surface area contributed by atoms with Gasteiger partial charge in [-0.15, -0.1) is 0 Å². The van der Waals surface area contributed by atoms with Gasteiger partial charge < -0.3 is 9.26 Å². The summed E-state index contributed by atoms with van der Waals surface area (Å²) in [5.41, 5.74) is 1.02. The lowest BCUT2D eigenvalue weighted by molar-refractivity contribution is -0.0598. The molecule has 90 valence electrons. The van der Waals surface area contributed by atoms with Crippen molar-refractivity contribution in [3.8, 4) is 0 Å². The van der Waals surface area contributed by atoms with Crippen molar-refractivity contribution in [2.75, 3.05) is 13.2 Å². The summed E-state index contributed by atoms with van der Waals surface area (Å²) in [5.74, 6) is 0.879. The molecular formula is C12H20N2O2. The number of aryl methyl sites for hydroxylation is 1. The molecule has 0 unspecified atom stereocenters. The van der Waals surface area contributed by atoms with Gasteiger partial charge in [0.05, 0.1) is 18.4 Å². The molecule has 1 aliphatic heterocycles. The summed E-state index contributed by atoms with van der Waals surface area (Å²) in [6.45, 7) is 8.91. The summed E-state index contributed by atoms with van der Waals surface area (Å²) in [4.78, 5) is 2.44. The smallest absolute Gasteiger partial charge is 0.133 e. The van der Waals surface area contributed by atoms with E-state index in [9.17, 15) is 0 Å². The fraction of sp³-hybridized carbons (Fsp3) is 0.750. The van der Waals surface area contributed by atoms with E-state index < -0.39 is 0 Å². The third kappa shape index (κ3) is 2.62. The van der Waals surface area contributed by atoms with Crippen LogP contribution in [0.3, 0.4) is 0 Å². The van der Waals surface area contributed by atoms with Crippen molar-refractivity contribution in [1.29, 1.82) is 0 Å².